The first kappa shape index (κ1) is 20.4. The fraction of sp³-hybridized carbons (Fsp3) is 0.273. The van der Waals surface area contributed by atoms with E-state index >= 15 is 0 Å². The van der Waals surface area contributed by atoms with E-state index in [9.17, 15) is 9.59 Å². The molecule has 0 spiro atoms. The van der Waals surface area contributed by atoms with E-state index in [0.29, 0.717) is 39.4 Å². The Morgan fingerprint density at radius 3 is 2.61 bits per heavy atom. The van der Waals surface area contributed by atoms with Gasteiger partial charge in [-0.1, -0.05) is 49.2 Å². The largest absolute Gasteiger partial charge is 0.306 e. The van der Waals surface area contributed by atoms with Crippen LogP contribution < -0.4 is 0 Å². The SMILES string of the molecule is CC(C)c1sc(Cl)nc1C(=O)N1CCN2C(=O)c3ccncc3C21c1ccc(Cl)cc1. The molecule has 2 aromatic heterocycles. The van der Waals surface area contributed by atoms with Crippen LogP contribution in [0.1, 0.15) is 56.6 Å². The lowest BCUT2D eigenvalue weighted by Crippen LogP contribution is -2.51. The maximum Gasteiger partial charge on any atom is 0.276 e. The Labute approximate surface area is 193 Å². The molecule has 0 radical (unpaired) electrons. The Kier molecular flexibility index (Phi) is 4.80. The number of hydrogen-bond acceptors (Lipinski definition) is 5. The predicted octanol–water partition coefficient (Wildman–Crippen LogP) is 4.78. The standard InChI is InChI=1S/C22H18Cl2N4O2S/c1-12(2)18-17(26-21(24)31-18)20(30)28-10-9-27-19(29)15-7-8-25-11-16(15)22(27,28)13-3-5-14(23)6-4-13/h3-8,11-12H,9-10H2,1-2H3. The highest BCUT2D eigenvalue weighted by molar-refractivity contribution is 7.16. The molecule has 9 heteroatoms. The van der Waals surface area contributed by atoms with Crippen molar-refractivity contribution in [3.63, 3.8) is 0 Å². The summed E-state index contributed by atoms with van der Waals surface area (Å²) in [5, 5.41) is 0.576. The highest BCUT2D eigenvalue weighted by Gasteiger charge is 2.60. The number of carbonyl (C=O) groups is 2. The van der Waals surface area contributed by atoms with Crippen LogP contribution in [0.25, 0.3) is 0 Å². The number of nitrogens with zero attached hydrogens (tertiary/aromatic N) is 4. The van der Waals surface area contributed by atoms with Crippen molar-refractivity contribution in [3.05, 3.63) is 79.5 Å². The van der Waals surface area contributed by atoms with E-state index in [1.165, 1.54) is 11.3 Å². The smallest absolute Gasteiger partial charge is 0.276 e. The van der Waals surface area contributed by atoms with Gasteiger partial charge in [0.2, 0.25) is 0 Å². The van der Waals surface area contributed by atoms with E-state index in [0.717, 1.165) is 10.4 Å². The second-order valence-corrected chi connectivity index (χ2v) is 9.90. The molecule has 3 aromatic rings. The first-order chi connectivity index (χ1) is 14.9. The van der Waals surface area contributed by atoms with Gasteiger partial charge in [-0.3, -0.25) is 14.6 Å². The van der Waals surface area contributed by atoms with Crippen LogP contribution in [0, 0.1) is 0 Å². The molecular formula is C22H18Cl2N4O2S. The Hall–Kier alpha value is -2.48. The molecule has 1 fully saturated rings. The van der Waals surface area contributed by atoms with Gasteiger partial charge in [0.1, 0.15) is 5.69 Å². The summed E-state index contributed by atoms with van der Waals surface area (Å²) in [4.78, 5) is 40.1. The second-order valence-electron chi connectivity index (χ2n) is 7.85. The van der Waals surface area contributed by atoms with Crippen molar-refractivity contribution >= 4 is 46.4 Å². The molecule has 1 unspecified atom stereocenters. The Balaban J connectivity index is 1.75. The van der Waals surface area contributed by atoms with Crippen molar-refractivity contribution in [2.45, 2.75) is 25.4 Å². The Morgan fingerprint density at radius 2 is 1.90 bits per heavy atom. The molecule has 0 aliphatic carbocycles. The summed E-state index contributed by atoms with van der Waals surface area (Å²) in [5.74, 6) is -0.287. The summed E-state index contributed by atoms with van der Waals surface area (Å²) >= 11 is 13.7. The van der Waals surface area contributed by atoms with Crippen molar-refractivity contribution in [1.82, 2.24) is 19.8 Å². The van der Waals surface area contributed by atoms with Crippen molar-refractivity contribution in [1.29, 1.82) is 0 Å². The molecule has 1 atom stereocenters. The van der Waals surface area contributed by atoms with Gasteiger partial charge in [-0.05, 0) is 24.1 Å². The summed E-state index contributed by atoms with van der Waals surface area (Å²) in [6.45, 7) is 4.78. The predicted molar refractivity (Wildman–Crippen MR) is 120 cm³/mol. The van der Waals surface area contributed by atoms with Crippen molar-refractivity contribution in [2.24, 2.45) is 0 Å². The molecule has 6 nitrogen and oxygen atoms in total. The molecule has 1 saturated heterocycles. The first-order valence-electron chi connectivity index (χ1n) is 9.86. The molecule has 0 saturated carbocycles. The van der Waals surface area contributed by atoms with Crippen LogP contribution in [0.3, 0.4) is 0 Å². The fourth-order valence-electron chi connectivity index (χ4n) is 4.59. The minimum atomic E-state index is -1.10. The number of carbonyl (C=O) groups excluding carboxylic acids is 2. The summed E-state index contributed by atoms with van der Waals surface area (Å²) in [7, 11) is 0. The summed E-state index contributed by atoms with van der Waals surface area (Å²) in [5.41, 5.74) is 1.23. The third-order valence-corrected chi connectivity index (χ3v) is 7.56. The second kappa shape index (κ2) is 7.29. The number of rotatable bonds is 3. The summed E-state index contributed by atoms with van der Waals surface area (Å²) < 4.78 is 0.327. The zero-order chi connectivity index (χ0) is 21.9. The third kappa shape index (κ3) is 2.83. The maximum atomic E-state index is 13.9. The molecule has 2 aliphatic rings. The molecule has 5 rings (SSSR count). The monoisotopic (exact) mass is 472 g/mol. The summed E-state index contributed by atoms with van der Waals surface area (Å²) in [6, 6.07) is 8.95. The van der Waals surface area contributed by atoms with Gasteiger partial charge >= 0.3 is 0 Å². The van der Waals surface area contributed by atoms with E-state index in [-0.39, 0.29) is 17.7 Å². The number of amides is 2. The molecule has 2 amide bonds. The van der Waals surface area contributed by atoms with E-state index in [1.807, 2.05) is 26.0 Å². The van der Waals surface area contributed by atoms with Gasteiger partial charge in [-0.2, -0.15) is 0 Å². The first-order valence-corrected chi connectivity index (χ1v) is 11.4. The molecule has 2 aliphatic heterocycles. The summed E-state index contributed by atoms with van der Waals surface area (Å²) in [6.07, 6.45) is 3.27. The van der Waals surface area contributed by atoms with Crippen molar-refractivity contribution in [2.75, 3.05) is 13.1 Å². The quantitative estimate of drug-likeness (QED) is 0.549. The molecule has 1 aromatic carbocycles. The van der Waals surface area contributed by atoms with Gasteiger partial charge in [0, 0.05) is 46.5 Å². The Bertz CT molecular complexity index is 1210. The molecule has 158 valence electrons. The van der Waals surface area contributed by atoms with Gasteiger partial charge in [-0.25, -0.2) is 4.98 Å². The lowest BCUT2D eigenvalue weighted by Gasteiger charge is -2.40. The van der Waals surface area contributed by atoms with E-state index in [4.69, 9.17) is 23.2 Å². The van der Waals surface area contributed by atoms with Crippen LogP contribution in [-0.4, -0.2) is 44.7 Å². The lowest BCUT2D eigenvalue weighted by molar-refractivity contribution is 0.0370. The highest BCUT2D eigenvalue weighted by Crippen LogP contribution is 2.50. The normalized spacial score (nSPS) is 19.8. The number of benzene rings is 1. The molecule has 0 N–H and O–H groups in total. The average molecular weight is 473 g/mol. The molecular weight excluding hydrogens is 455 g/mol. The van der Waals surface area contributed by atoms with Crippen LogP contribution in [-0.2, 0) is 5.66 Å². The fourth-order valence-corrected chi connectivity index (χ4v) is 5.83. The van der Waals surface area contributed by atoms with Gasteiger partial charge in [0.05, 0.1) is 5.56 Å². The van der Waals surface area contributed by atoms with Crippen molar-refractivity contribution in [3.8, 4) is 0 Å². The van der Waals surface area contributed by atoms with Crippen molar-refractivity contribution < 1.29 is 9.59 Å². The number of halogens is 2. The molecule has 31 heavy (non-hydrogen) atoms. The van der Waals surface area contributed by atoms with E-state index < -0.39 is 5.66 Å². The number of thiazole rings is 1. The molecule has 4 heterocycles. The van der Waals surface area contributed by atoms with Gasteiger partial charge in [0.25, 0.3) is 11.8 Å². The van der Waals surface area contributed by atoms with Crippen LogP contribution in [0.2, 0.25) is 9.49 Å². The van der Waals surface area contributed by atoms with Gasteiger partial charge in [-0.15, -0.1) is 11.3 Å². The van der Waals surface area contributed by atoms with Gasteiger partial charge in [0.15, 0.2) is 10.1 Å². The van der Waals surface area contributed by atoms with Crippen LogP contribution in [0.4, 0.5) is 0 Å². The third-order valence-electron chi connectivity index (χ3n) is 5.85. The minimum Gasteiger partial charge on any atom is -0.306 e. The number of pyridine rings is 1. The van der Waals surface area contributed by atoms with Crippen LogP contribution >= 0.6 is 34.5 Å². The maximum absolute atomic E-state index is 13.9. The molecule has 0 bridgehead atoms. The zero-order valence-corrected chi connectivity index (χ0v) is 19.1. The number of hydrogen-bond donors (Lipinski definition) is 0. The van der Waals surface area contributed by atoms with E-state index in [1.54, 1.807) is 40.4 Å². The van der Waals surface area contributed by atoms with Gasteiger partial charge < -0.3 is 9.80 Å². The average Bonchev–Trinajstić information content (AvgIpc) is 3.41. The topological polar surface area (TPSA) is 66.4 Å². The Morgan fingerprint density at radius 1 is 1.16 bits per heavy atom. The highest BCUT2D eigenvalue weighted by atomic mass is 35.5. The lowest BCUT2D eigenvalue weighted by atomic mass is 9.90. The number of aromatic nitrogens is 2. The number of fused-ring (bicyclic) bond motifs is 3. The van der Waals surface area contributed by atoms with Crippen LogP contribution in [0.15, 0.2) is 42.7 Å². The van der Waals surface area contributed by atoms with Crippen LogP contribution in [0.5, 0.6) is 0 Å². The minimum absolute atomic E-state index is 0.0910. The zero-order valence-electron chi connectivity index (χ0n) is 16.8. The van der Waals surface area contributed by atoms with E-state index in [2.05, 4.69) is 9.97 Å².